The van der Waals surface area contributed by atoms with Crippen LogP contribution in [0.15, 0.2) is 48.2 Å². The van der Waals surface area contributed by atoms with Gasteiger partial charge in [0.05, 0.1) is 43.7 Å². The molecule has 1 unspecified atom stereocenters. The molecule has 0 spiro atoms. The quantitative estimate of drug-likeness (QED) is 0.596. The Labute approximate surface area is 189 Å². The summed E-state index contributed by atoms with van der Waals surface area (Å²) >= 11 is 0. The van der Waals surface area contributed by atoms with Crippen molar-refractivity contribution < 1.29 is 19.1 Å². The van der Waals surface area contributed by atoms with Crippen LogP contribution in [0.3, 0.4) is 0 Å². The number of amides is 3. The molecule has 8 heteroatoms. The highest BCUT2D eigenvalue weighted by Gasteiger charge is 2.43. The van der Waals surface area contributed by atoms with Gasteiger partial charge in [-0.05, 0) is 31.0 Å². The van der Waals surface area contributed by atoms with E-state index in [0.717, 1.165) is 56.3 Å². The lowest BCUT2D eigenvalue weighted by Crippen LogP contribution is -2.47. The van der Waals surface area contributed by atoms with E-state index in [0.29, 0.717) is 31.8 Å². The van der Waals surface area contributed by atoms with E-state index in [1.54, 1.807) is 11.0 Å². The van der Waals surface area contributed by atoms with Gasteiger partial charge in [-0.1, -0.05) is 18.2 Å². The van der Waals surface area contributed by atoms with Crippen LogP contribution in [-0.4, -0.2) is 85.7 Å². The average molecular weight is 441 g/mol. The van der Waals surface area contributed by atoms with Crippen LogP contribution in [0.25, 0.3) is 0 Å². The monoisotopic (exact) mass is 440 g/mol. The van der Waals surface area contributed by atoms with Crippen LogP contribution >= 0.6 is 0 Å². The van der Waals surface area contributed by atoms with Crippen molar-refractivity contribution in [1.29, 1.82) is 0 Å². The minimum Gasteiger partial charge on any atom is -0.494 e. The van der Waals surface area contributed by atoms with Crippen molar-refractivity contribution in [2.24, 2.45) is 0 Å². The SMILES string of the molecule is C=CCN1C(=O)NC(c2ccc(OCC)cc2)C2=C1CN(CCCN1CCOCC1)C2=O. The molecule has 3 heterocycles. The first-order valence-corrected chi connectivity index (χ1v) is 11.4. The second kappa shape index (κ2) is 10.2. The first kappa shape index (κ1) is 22.4. The highest BCUT2D eigenvalue weighted by atomic mass is 16.5. The van der Waals surface area contributed by atoms with E-state index in [1.807, 2.05) is 36.1 Å². The predicted molar refractivity (Wildman–Crippen MR) is 121 cm³/mol. The molecule has 0 bridgehead atoms. The van der Waals surface area contributed by atoms with Gasteiger partial charge in [-0.25, -0.2) is 4.79 Å². The van der Waals surface area contributed by atoms with Gasteiger partial charge in [0.25, 0.3) is 5.91 Å². The molecule has 1 atom stereocenters. The topological polar surface area (TPSA) is 74.4 Å². The summed E-state index contributed by atoms with van der Waals surface area (Å²) in [6.45, 7) is 12.1. The molecule has 3 amide bonds. The van der Waals surface area contributed by atoms with E-state index in [2.05, 4.69) is 16.8 Å². The smallest absolute Gasteiger partial charge is 0.322 e. The Balaban J connectivity index is 1.51. The Morgan fingerprint density at radius 2 is 1.94 bits per heavy atom. The number of urea groups is 1. The second-order valence-electron chi connectivity index (χ2n) is 8.18. The van der Waals surface area contributed by atoms with Gasteiger partial charge < -0.3 is 19.7 Å². The Morgan fingerprint density at radius 3 is 2.62 bits per heavy atom. The number of benzene rings is 1. The van der Waals surface area contributed by atoms with Crippen LogP contribution in [0.1, 0.15) is 24.9 Å². The van der Waals surface area contributed by atoms with Crippen molar-refractivity contribution in [2.45, 2.75) is 19.4 Å². The number of hydrogen-bond donors (Lipinski definition) is 1. The van der Waals surface area contributed by atoms with E-state index < -0.39 is 6.04 Å². The summed E-state index contributed by atoms with van der Waals surface area (Å²) in [6, 6.07) is 6.91. The molecule has 1 aromatic rings. The van der Waals surface area contributed by atoms with Crippen molar-refractivity contribution in [2.75, 3.05) is 59.1 Å². The van der Waals surface area contributed by atoms with E-state index in [9.17, 15) is 9.59 Å². The fourth-order valence-electron chi connectivity index (χ4n) is 4.53. The molecule has 172 valence electrons. The van der Waals surface area contributed by atoms with Crippen LogP contribution in [0.5, 0.6) is 5.75 Å². The summed E-state index contributed by atoms with van der Waals surface area (Å²) in [5.41, 5.74) is 2.31. The summed E-state index contributed by atoms with van der Waals surface area (Å²) < 4.78 is 10.9. The highest BCUT2D eigenvalue weighted by molar-refractivity contribution is 6.01. The molecule has 8 nitrogen and oxygen atoms in total. The Bertz CT molecular complexity index is 876. The average Bonchev–Trinajstić information content (AvgIpc) is 3.13. The fraction of sp³-hybridized carbons (Fsp3) is 0.500. The summed E-state index contributed by atoms with van der Waals surface area (Å²) in [7, 11) is 0. The van der Waals surface area contributed by atoms with Crippen molar-refractivity contribution in [1.82, 2.24) is 20.0 Å². The lowest BCUT2D eigenvalue weighted by molar-refractivity contribution is -0.125. The molecule has 0 radical (unpaired) electrons. The van der Waals surface area contributed by atoms with E-state index in [1.165, 1.54) is 0 Å². The Kier molecular flexibility index (Phi) is 7.12. The van der Waals surface area contributed by atoms with Gasteiger partial charge in [0.2, 0.25) is 0 Å². The Hall–Kier alpha value is -2.84. The number of morpholine rings is 1. The maximum Gasteiger partial charge on any atom is 0.322 e. The summed E-state index contributed by atoms with van der Waals surface area (Å²) in [4.78, 5) is 32.2. The molecule has 0 aliphatic carbocycles. The van der Waals surface area contributed by atoms with Gasteiger partial charge in [0.15, 0.2) is 0 Å². The van der Waals surface area contributed by atoms with Gasteiger partial charge in [0, 0.05) is 32.7 Å². The second-order valence-corrected chi connectivity index (χ2v) is 8.18. The molecule has 3 aliphatic rings. The minimum atomic E-state index is -0.467. The van der Waals surface area contributed by atoms with Gasteiger partial charge in [-0.3, -0.25) is 14.6 Å². The molecule has 1 N–H and O–H groups in total. The molecule has 4 rings (SSSR count). The molecule has 32 heavy (non-hydrogen) atoms. The van der Waals surface area contributed by atoms with Crippen molar-refractivity contribution >= 4 is 11.9 Å². The lowest BCUT2D eigenvalue weighted by Gasteiger charge is -2.33. The van der Waals surface area contributed by atoms with E-state index in [4.69, 9.17) is 9.47 Å². The normalized spacial score (nSPS) is 21.6. The van der Waals surface area contributed by atoms with Crippen LogP contribution in [0.4, 0.5) is 4.79 Å². The predicted octanol–water partition coefficient (Wildman–Crippen LogP) is 2.16. The molecule has 3 aliphatic heterocycles. The van der Waals surface area contributed by atoms with Crippen LogP contribution < -0.4 is 10.1 Å². The van der Waals surface area contributed by atoms with Gasteiger partial charge in [0.1, 0.15) is 5.75 Å². The minimum absolute atomic E-state index is 0.00470. The van der Waals surface area contributed by atoms with Crippen LogP contribution in [0, 0.1) is 0 Å². The number of nitrogens with zero attached hydrogens (tertiary/aromatic N) is 3. The summed E-state index contributed by atoms with van der Waals surface area (Å²) in [6.07, 6.45) is 2.58. The molecule has 1 saturated heterocycles. The van der Waals surface area contributed by atoms with Crippen molar-refractivity contribution in [3.63, 3.8) is 0 Å². The van der Waals surface area contributed by atoms with Crippen molar-refractivity contribution in [3.8, 4) is 5.75 Å². The number of carbonyl (C=O) groups excluding carboxylic acids is 2. The van der Waals surface area contributed by atoms with E-state index in [-0.39, 0.29) is 11.9 Å². The molecular formula is C24H32N4O4. The number of nitrogens with one attached hydrogen (secondary N) is 1. The first-order valence-electron chi connectivity index (χ1n) is 11.4. The molecular weight excluding hydrogens is 408 g/mol. The number of rotatable bonds is 9. The van der Waals surface area contributed by atoms with Crippen LogP contribution in [0.2, 0.25) is 0 Å². The van der Waals surface area contributed by atoms with E-state index >= 15 is 0 Å². The number of carbonyl (C=O) groups is 2. The maximum absolute atomic E-state index is 13.4. The summed E-state index contributed by atoms with van der Waals surface area (Å²) in [5.74, 6) is 0.762. The third-order valence-electron chi connectivity index (χ3n) is 6.14. The largest absolute Gasteiger partial charge is 0.494 e. The Morgan fingerprint density at radius 1 is 1.19 bits per heavy atom. The zero-order chi connectivity index (χ0) is 22.5. The number of hydrogen-bond acceptors (Lipinski definition) is 5. The maximum atomic E-state index is 13.4. The molecule has 1 fully saturated rings. The third-order valence-corrected chi connectivity index (χ3v) is 6.14. The highest BCUT2D eigenvalue weighted by Crippen LogP contribution is 2.36. The fourth-order valence-corrected chi connectivity index (χ4v) is 4.53. The summed E-state index contributed by atoms with van der Waals surface area (Å²) in [5, 5.41) is 3.02. The molecule has 0 saturated carbocycles. The van der Waals surface area contributed by atoms with Gasteiger partial charge in [-0.15, -0.1) is 6.58 Å². The van der Waals surface area contributed by atoms with Crippen molar-refractivity contribution in [3.05, 3.63) is 53.8 Å². The molecule has 0 aromatic heterocycles. The number of ether oxygens (including phenoxy) is 2. The zero-order valence-electron chi connectivity index (χ0n) is 18.7. The van der Waals surface area contributed by atoms with Gasteiger partial charge in [-0.2, -0.15) is 0 Å². The lowest BCUT2D eigenvalue weighted by atomic mass is 9.95. The third kappa shape index (κ3) is 4.66. The van der Waals surface area contributed by atoms with Gasteiger partial charge >= 0.3 is 6.03 Å². The first-order chi connectivity index (χ1) is 15.6. The zero-order valence-corrected chi connectivity index (χ0v) is 18.7. The standard InChI is InChI=1S/C24H32N4O4/c1-3-10-28-20-17-27(12-5-11-26-13-15-31-16-14-26)23(29)21(20)22(25-24(28)30)18-6-8-19(9-7-18)32-4-2/h3,6-9,22H,1,4-5,10-17H2,2H3,(H,25,30). The van der Waals surface area contributed by atoms with Crippen LogP contribution in [-0.2, 0) is 9.53 Å². The molecule has 1 aromatic carbocycles.